The maximum Gasteiger partial charge on any atom is 0.341 e. The summed E-state index contributed by atoms with van der Waals surface area (Å²) < 4.78 is 5.32. The first-order valence-electron chi connectivity index (χ1n) is 13.4. The monoisotopic (exact) mass is 539 g/mol. The van der Waals surface area contributed by atoms with Gasteiger partial charge in [0.05, 0.1) is 17.7 Å². The van der Waals surface area contributed by atoms with Crippen LogP contribution in [0.4, 0.5) is 5.00 Å². The average molecular weight is 540 g/mol. The largest absolute Gasteiger partial charge is 0.462 e. The number of carbonyl (C=O) groups is 2. The highest BCUT2D eigenvalue weighted by Gasteiger charge is 2.30. The highest BCUT2D eigenvalue weighted by molar-refractivity contribution is 7.99. The van der Waals surface area contributed by atoms with Crippen LogP contribution in [0.3, 0.4) is 0 Å². The number of nitrogens with one attached hydrogen (secondary N) is 1. The van der Waals surface area contributed by atoms with Gasteiger partial charge in [-0.3, -0.25) is 4.79 Å². The van der Waals surface area contributed by atoms with Gasteiger partial charge in [0.2, 0.25) is 5.91 Å². The molecule has 0 bridgehead atoms. The number of esters is 1. The molecule has 2 aliphatic carbocycles. The van der Waals surface area contributed by atoms with Crippen LogP contribution in [0.1, 0.15) is 97.4 Å². The molecular weight excluding hydrogens is 502 g/mol. The number of thiophene rings is 1. The molecule has 2 aromatic heterocycles. The molecule has 2 aliphatic rings. The van der Waals surface area contributed by atoms with Crippen LogP contribution < -0.4 is 5.32 Å². The first kappa shape index (κ1) is 27.7. The molecule has 0 aromatic carbocycles. The third-order valence-electron chi connectivity index (χ3n) is 7.42. The van der Waals surface area contributed by atoms with Crippen LogP contribution in [0.15, 0.2) is 11.1 Å². The van der Waals surface area contributed by atoms with Crippen molar-refractivity contribution in [2.75, 3.05) is 17.7 Å². The molecule has 198 valence electrons. The Kier molecular flexibility index (Phi) is 8.97. The van der Waals surface area contributed by atoms with E-state index in [9.17, 15) is 14.9 Å². The molecule has 0 fully saturated rings. The molecule has 0 radical (unpaired) electrons. The lowest BCUT2D eigenvalue weighted by atomic mass is 9.71. The normalized spacial score (nSPS) is 17.2. The van der Waals surface area contributed by atoms with Gasteiger partial charge in [-0.15, -0.1) is 23.1 Å². The summed E-state index contributed by atoms with van der Waals surface area (Å²) in [6.07, 6.45) is 8.36. The Labute approximate surface area is 228 Å². The van der Waals surface area contributed by atoms with Crippen molar-refractivity contribution < 1.29 is 14.3 Å². The summed E-state index contributed by atoms with van der Waals surface area (Å²) in [5, 5.41) is 14.1. The molecule has 1 N–H and O–H groups in total. The van der Waals surface area contributed by atoms with Crippen LogP contribution in [0.25, 0.3) is 0 Å². The minimum absolute atomic E-state index is 0.140. The van der Waals surface area contributed by atoms with Crippen molar-refractivity contribution in [1.82, 2.24) is 4.98 Å². The zero-order valence-electron chi connectivity index (χ0n) is 22.4. The number of fused-ring (bicyclic) bond motifs is 2. The molecule has 0 spiro atoms. The predicted octanol–water partition coefficient (Wildman–Crippen LogP) is 6.73. The van der Waals surface area contributed by atoms with Crippen molar-refractivity contribution in [2.45, 2.75) is 90.5 Å². The smallest absolute Gasteiger partial charge is 0.341 e. The molecule has 37 heavy (non-hydrogen) atoms. The first-order chi connectivity index (χ1) is 17.7. The molecule has 2 aromatic rings. The van der Waals surface area contributed by atoms with E-state index in [-0.39, 0.29) is 23.7 Å². The van der Waals surface area contributed by atoms with Crippen molar-refractivity contribution in [1.29, 1.82) is 5.26 Å². The first-order valence-corrected chi connectivity index (χ1v) is 15.2. The highest BCUT2D eigenvalue weighted by Crippen LogP contribution is 2.39. The van der Waals surface area contributed by atoms with Crippen molar-refractivity contribution in [3.05, 3.63) is 38.9 Å². The molecule has 8 heteroatoms. The Balaban J connectivity index is 1.41. The lowest BCUT2D eigenvalue weighted by molar-refractivity contribution is -0.115. The summed E-state index contributed by atoms with van der Waals surface area (Å²) in [4.78, 5) is 31.7. The highest BCUT2D eigenvalue weighted by atomic mass is 32.2. The Morgan fingerprint density at radius 1 is 1.24 bits per heavy atom. The number of pyridine rings is 1. The number of aryl methyl sites for hydroxylation is 2. The summed E-state index contributed by atoms with van der Waals surface area (Å²) in [5.74, 6) is 0.606. The molecule has 0 saturated carbocycles. The third-order valence-corrected chi connectivity index (χ3v) is 9.62. The van der Waals surface area contributed by atoms with Crippen LogP contribution in [0.2, 0.25) is 0 Å². The second-order valence-corrected chi connectivity index (χ2v) is 13.2. The zero-order chi connectivity index (χ0) is 26.6. The molecule has 1 amide bonds. The lowest BCUT2D eigenvalue weighted by Gasteiger charge is -2.34. The average Bonchev–Trinajstić information content (AvgIpc) is 3.02. The van der Waals surface area contributed by atoms with Gasteiger partial charge in [-0.1, -0.05) is 27.2 Å². The van der Waals surface area contributed by atoms with Crippen LogP contribution in [0, 0.1) is 22.7 Å². The van der Waals surface area contributed by atoms with Crippen LogP contribution in [0.5, 0.6) is 0 Å². The Bertz CT molecular complexity index is 1210. The number of aromatic nitrogens is 1. The SMILES string of the molecule is CCOC(=O)c1c(NC(=O)CCSc2nc3c(cc2C#N)CC(C(C)(C)C)CC3)sc2c1CCCCC2. The molecule has 1 atom stereocenters. The maximum atomic E-state index is 12.9. The number of ether oxygens (including phenoxy) is 1. The Morgan fingerprint density at radius 2 is 2.03 bits per heavy atom. The number of nitriles is 1. The number of hydrogen-bond donors (Lipinski definition) is 1. The third kappa shape index (κ3) is 6.56. The van der Waals surface area contributed by atoms with Crippen molar-refractivity contribution in [3.8, 4) is 6.07 Å². The number of nitrogens with zero attached hydrogens (tertiary/aromatic N) is 2. The van der Waals surface area contributed by atoms with Gasteiger partial charge >= 0.3 is 5.97 Å². The summed E-state index contributed by atoms with van der Waals surface area (Å²) in [7, 11) is 0. The second kappa shape index (κ2) is 12.0. The summed E-state index contributed by atoms with van der Waals surface area (Å²) >= 11 is 2.97. The summed E-state index contributed by atoms with van der Waals surface area (Å²) in [6.45, 7) is 8.93. The van der Waals surface area contributed by atoms with E-state index < -0.39 is 0 Å². The molecule has 1 unspecified atom stereocenters. The molecule has 0 aliphatic heterocycles. The minimum atomic E-state index is -0.350. The number of amides is 1. The van der Waals surface area contributed by atoms with E-state index in [4.69, 9.17) is 9.72 Å². The van der Waals surface area contributed by atoms with Crippen molar-refractivity contribution >= 4 is 40.0 Å². The van der Waals surface area contributed by atoms with Gasteiger partial charge in [-0.2, -0.15) is 5.26 Å². The number of thioether (sulfide) groups is 1. The number of rotatable bonds is 7. The van der Waals surface area contributed by atoms with Crippen LogP contribution in [-0.2, 0) is 35.2 Å². The fourth-order valence-corrected chi connectivity index (χ4v) is 7.46. The van der Waals surface area contributed by atoms with Gasteiger partial charge in [0.15, 0.2) is 0 Å². The molecule has 2 heterocycles. The fraction of sp³-hybridized carbons (Fsp3) is 0.586. The Hall–Kier alpha value is -2.37. The van der Waals surface area contributed by atoms with E-state index in [2.05, 4.69) is 32.2 Å². The summed E-state index contributed by atoms with van der Waals surface area (Å²) in [6, 6.07) is 4.32. The van der Waals surface area contributed by atoms with Crippen molar-refractivity contribution in [2.24, 2.45) is 11.3 Å². The van der Waals surface area contributed by atoms with E-state index >= 15 is 0 Å². The number of anilines is 1. The van der Waals surface area contributed by atoms with Gasteiger partial charge in [-0.05, 0) is 80.4 Å². The fourth-order valence-electron chi connectivity index (χ4n) is 5.25. The maximum absolute atomic E-state index is 12.9. The molecule has 4 rings (SSSR count). The lowest BCUT2D eigenvalue weighted by Crippen LogP contribution is -2.27. The predicted molar refractivity (Wildman–Crippen MR) is 149 cm³/mol. The van der Waals surface area contributed by atoms with Gasteiger partial charge in [0.1, 0.15) is 16.1 Å². The summed E-state index contributed by atoms with van der Waals surface area (Å²) in [5.41, 5.74) is 4.70. The van der Waals surface area contributed by atoms with Crippen LogP contribution in [-0.4, -0.2) is 29.2 Å². The second-order valence-electron chi connectivity index (χ2n) is 11.0. The van der Waals surface area contributed by atoms with Crippen LogP contribution >= 0.6 is 23.1 Å². The van der Waals surface area contributed by atoms with E-state index in [0.717, 1.165) is 62.6 Å². The number of hydrogen-bond acceptors (Lipinski definition) is 7. The quantitative estimate of drug-likeness (QED) is 0.238. The van der Waals surface area contributed by atoms with Gasteiger partial charge in [-0.25, -0.2) is 9.78 Å². The van der Waals surface area contributed by atoms with Crippen molar-refractivity contribution in [3.63, 3.8) is 0 Å². The van der Waals surface area contributed by atoms with Gasteiger partial charge < -0.3 is 10.1 Å². The van der Waals surface area contributed by atoms with E-state index in [1.54, 1.807) is 6.92 Å². The number of carbonyl (C=O) groups excluding carboxylic acids is 2. The van der Waals surface area contributed by atoms with E-state index in [1.807, 2.05) is 6.07 Å². The Morgan fingerprint density at radius 3 is 2.76 bits per heavy atom. The van der Waals surface area contributed by atoms with E-state index in [0.29, 0.717) is 39.4 Å². The molecule has 0 saturated heterocycles. The van der Waals surface area contributed by atoms with Gasteiger partial charge in [0, 0.05) is 22.7 Å². The minimum Gasteiger partial charge on any atom is -0.462 e. The standard InChI is InChI=1S/C29H37N3O3S2/c1-5-35-28(34)25-21-9-7-6-8-10-23(21)37-27(25)32-24(33)13-14-36-26-19(17-30)15-18-16-20(29(2,3)4)11-12-22(18)31-26/h15,20H,5-14,16H2,1-4H3,(H,32,33). The molecule has 6 nitrogen and oxygen atoms in total. The van der Waals surface area contributed by atoms with E-state index in [1.165, 1.54) is 33.5 Å². The van der Waals surface area contributed by atoms with Gasteiger partial charge in [0.25, 0.3) is 0 Å². The topological polar surface area (TPSA) is 92.1 Å². The zero-order valence-corrected chi connectivity index (χ0v) is 24.0. The molecular formula is C29H37N3O3S2.